The fraction of sp³-hybridized carbons (Fsp3) is 0.938. The van der Waals surface area contributed by atoms with Gasteiger partial charge in [-0.3, -0.25) is 4.79 Å². The van der Waals surface area contributed by atoms with E-state index in [4.69, 9.17) is 0 Å². The van der Waals surface area contributed by atoms with Crippen molar-refractivity contribution in [1.82, 2.24) is 10.2 Å². The van der Waals surface area contributed by atoms with Crippen LogP contribution >= 0.6 is 0 Å². The van der Waals surface area contributed by atoms with Crippen molar-refractivity contribution in [2.45, 2.75) is 76.9 Å². The molecule has 4 unspecified atom stereocenters. The maximum Gasteiger partial charge on any atom is 0.239 e. The van der Waals surface area contributed by atoms with Crippen molar-refractivity contribution in [2.75, 3.05) is 6.54 Å². The van der Waals surface area contributed by atoms with Gasteiger partial charge in [0, 0.05) is 18.6 Å². The second-order valence-corrected chi connectivity index (χ2v) is 7.09. The Morgan fingerprint density at radius 1 is 1.16 bits per heavy atom. The molecule has 4 atom stereocenters. The number of rotatable bonds is 2. The zero-order valence-corrected chi connectivity index (χ0v) is 12.4. The van der Waals surface area contributed by atoms with E-state index < -0.39 is 0 Å². The van der Waals surface area contributed by atoms with Crippen LogP contribution in [0.4, 0.5) is 0 Å². The predicted molar refractivity (Wildman–Crippen MR) is 76.9 cm³/mol. The van der Waals surface area contributed by atoms with Gasteiger partial charge in [0.15, 0.2) is 0 Å². The molecular weight excluding hydrogens is 236 g/mol. The van der Waals surface area contributed by atoms with E-state index in [9.17, 15) is 4.79 Å². The van der Waals surface area contributed by atoms with E-state index in [1.54, 1.807) is 0 Å². The maximum absolute atomic E-state index is 12.8. The molecule has 0 aromatic carbocycles. The van der Waals surface area contributed by atoms with Gasteiger partial charge in [0.2, 0.25) is 5.91 Å². The Hall–Kier alpha value is -0.570. The van der Waals surface area contributed by atoms with Crippen LogP contribution in [0.5, 0.6) is 0 Å². The Balaban J connectivity index is 1.64. The normalized spacial score (nSPS) is 38.8. The highest BCUT2D eigenvalue weighted by molar-refractivity contribution is 5.83. The smallest absolute Gasteiger partial charge is 0.239 e. The minimum atomic E-state index is 0.118. The van der Waals surface area contributed by atoms with Gasteiger partial charge in [0.1, 0.15) is 0 Å². The number of nitrogens with zero attached hydrogens (tertiary/aromatic N) is 1. The molecule has 3 rings (SSSR count). The van der Waals surface area contributed by atoms with E-state index in [1.807, 2.05) is 0 Å². The van der Waals surface area contributed by atoms with E-state index >= 15 is 0 Å². The number of fused-ring (bicyclic) bond motifs is 1. The van der Waals surface area contributed by atoms with Gasteiger partial charge in [-0.05, 0) is 43.9 Å². The minimum Gasteiger partial charge on any atom is -0.338 e. The third-order valence-electron chi connectivity index (χ3n) is 5.51. The monoisotopic (exact) mass is 264 g/mol. The van der Waals surface area contributed by atoms with E-state index in [1.165, 1.54) is 38.5 Å². The van der Waals surface area contributed by atoms with Gasteiger partial charge in [-0.25, -0.2) is 0 Å². The van der Waals surface area contributed by atoms with Crippen molar-refractivity contribution in [1.29, 1.82) is 0 Å². The molecule has 3 nitrogen and oxygen atoms in total. The fourth-order valence-corrected chi connectivity index (χ4v) is 4.47. The number of nitrogens with one attached hydrogen (secondary N) is 1. The summed E-state index contributed by atoms with van der Waals surface area (Å²) in [5.41, 5.74) is 0. The SMILES string of the molecule is CC(C)C1CCCN1C(=O)C1CC2CCCCC2N1. The fourth-order valence-electron chi connectivity index (χ4n) is 4.47. The Labute approximate surface area is 117 Å². The molecule has 0 spiro atoms. The maximum atomic E-state index is 12.8. The van der Waals surface area contributed by atoms with Crippen LogP contribution in [0.25, 0.3) is 0 Å². The van der Waals surface area contributed by atoms with Gasteiger partial charge in [-0.2, -0.15) is 0 Å². The van der Waals surface area contributed by atoms with Gasteiger partial charge in [-0.1, -0.05) is 26.7 Å². The average Bonchev–Trinajstić information content (AvgIpc) is 3.04. The van der Waals surface area contributed by atoms with Crippen LogP contribution < -0.4 is 5.32 Å². The lowest BCUT2D eigenvalue weighted by Gasteiger charge is -2.30. The lowest BCUT2D eigenvalue weighted by molar-refractivity contribution is -0.134. The molecule has 1 saturated carbocycles. The van der Waals surface area contributed by atoms with Gasteiger partial charge < -0.3 is 10.2 Å². The summed E-state index contributed by atoms with van der Waals surface area (Å²) in [5, 5.41) is 3.64. The molecule has 108 valence electrons. The third-order valence-corrected chi connectivity index (χ3v) is 5.51. The first kappa shape index (κ1) is 13.4. The minimum absolute atomic E-state index is 0.118. The van der Waals surface area contributed by atoms with E-state index in [0.717, 1.165) is 18.9 Å². The van der Waals surface area contributed by atoms with Crippen molar-refractivity contribution in [2.24, 2.45) is 11.8 Å². The van der Waals surface area contributed by atoms with Crippen LogP contribution in [0.3, 0.4) is 0 Å². The quantitative estimate of drug-likeness (QED) is 0.831. The highest BCUT2D eigenvalue weighted by Gasteiger charge is 2.42. The first-order valence-corrected chi connectivity index (χ1v) is 8.23. The molecule has 2 heterocycles. The number of hydrogen-bond acceptors (Lipinski definition) is 2. The zero-order chi connectivity index (χ0) is 13.4. The van der Waals surface area contributed by atoms with E-state index in [-0.39, 0.29) is 6.04 Å². The molecule has 1 aliphatic carbocycles. The van der Waals surface area contributed by atoms with Crippen LogP contribution in [0.15, 0.2) is 0 Å². The first-order valence-electron chi connectivity index (χ1n) is 8.23. The number of carbonyl (C=O) groups is 1. The molecule has 2 saturated heterocycles. The Bertz CT molecular complexity index is 328. The highest BCUT2D eigenvalue weighted by Crippen LogP contribution is 2.35. The molecule has 0 radical (unpaired) electrons. The van der Waals surface area contributed by atoms with Crippen LogP contribution in [-0.2, 0) is 4.79 Å². The summed E-state index contributed by atoms with van der Waals surface area (Å²) in [6.45, 7) is 5.48. The summed E-state index contributed by atoms with van der Waals surface area (Å²) in [7, 11) is 0. The highest BCUT2D eigenvalue weighted by atomic mass is 16.2. The summed E-state index contributed by atoms with van der Waals surface area (Å²) < 4.78 is 0. The Morgan fingerprint density at radius 3 is 2.68 bits per heavy atom. The van der Waals surface area contributed by atoms with Crippen LogP contribution in [0.1, 0.15) is 58.8 Å². The lowest BCUT2D eigenvalue weighted by atomic mass is 9.85. The summed E-state index contributed by atoms with van der Waals surface area (Å²) in [5.74, 6) is 1.75. The topological polar surface area (TPSA) is 32.3 Å². The Morgan fingerprint density at radius 2 is 1.95 bits per heavy atom. The molecular formula is C16H28N2O. The molecule has 3 fully saturated rings. The van der Waals surface area contributed by atoms with E-state index in [2.05, 4.69) is 24.1 Å². The van der Waals surface area contributed by atoms with Crippen molar-refractivity contribution in [3.63, 3.8) is 0 Å². The number of carbonyl (C=O) groups excluding carboxylic acids is 1. The molecule has 0 aromatic rings. The second-order valence-electron chi connectivity index (χ2n) is 7.09. The van der Waals surface area contributed by atoms with Crippen LogP contribution in [0, 0.1) is 11.8 Å². The number of hydrogen-bond donors (Lipinski definition) is 1. The molecule has 3 heteroatoms. The van der Waals surface area contributed by atoms with Crippen LogP contribution in [-0.4, -0.2) is 35.5 Å². The van der Waals surface area contributed by atoms with Crippen molar-refractivity contribution >= 4 is 5.91 Å². The molecule has 0 bridgehead atoms. The standard InChI is InChI=1S/C16H28N2O/c1-11(2)15-8-5-9-18(15)16(19)14-10-12-6-3-4-7-13(12)17-14/h11-15,17H,3-10H2,1-2H3. The first-order chi connectivity index (χ1) is 9.16. The van der Waals surface area contributed by atoms with Gasteiger partial charge >= 0.3 is 0 Å². The van der Waals surface area contributed by atoms with Gasteiger partial charge in [-0.15, -0.1) is 0 Å². The predicted octanol–water partition coefficient (Wildman–Crippen LogP) is 2.55. The number of amides is 1. The summed E-state index contributed by atoms with van der Waals surface area (Å²) >= 11 is 0. The summed E-state index contributed by atoms with van der Waals surface area (Å²) in [4.78, 5) is 14.9. The average molecular weight is 264 g/mol. The zero-order valence-electron chi connectivity index (χ0n) is 12.4. The van der Waals surface area contributed by atoms with Gasteiger partial charge in [0.05, 0.1) is 6.04 Å². The van der Waals surface area contributed by atoms with Crippen molar-refractivity contribution < 1.29 is 4.79 Å². The molecule has 3 aliphatic rings. The van der Waals surface area contributed by atoms with Crippen molar-refractivity contribution in [3.8, 4) is 0 Å². The lowest BCUT2D eigenvalue weighted by Crippen LogP contribution is -2.48. The van der Waals surface area contributed by atoms with Gasteiger partial charge in [0.25, 0.3) is 0 Å². The molecule has 0 aromatic heterocycles. The second kappa shape index (κ2) is 5.43. The number of likely N-dealkylation sites (tertiary alicyclic amines) is 1. The van der Waals surface area contributed by atoms with Crippen molar-refractivity contribution in [3.05, 3.63) is 0 Å². The summed E-state index contributed by atoms with van der Waals surface area (Å²) in [6.07, 6.45) is 8.79. The third kappa shape index (κ3) is 2.54. The van der Waals surface area contributed by atoms with Crippen LogP contribution in [0.2, 0.25) is 0 Å². The largest absolute Gasteiger partial charge is 0.338 e. The Kier molecular flexibility index (Phi) is 3.84. The molecule has 2 aliphatic heterocycles. The summed E-state index contributed by atoms with van der Waals surface area (Å²) in [6, 6.07) is 1.23. The molecule has 1 amide bonds. The van der Waals surface area contributed by atoms with E-state index in [0.29, 0.717) is 23.9 Å². The molecule has 19 heavy (non-hydrogen) atoms. The molecule has 1 N–H and O–H groups in total.